The van der Waals surface area contributed by atoms with Crippen molar-refractivity contribution in [3.05, 3.63) is 0 Å². The zero-order valence-corrected chi connectivity index (χ0v) is 12.6. The third kappa shape index (κ3) is 11.7. The molecule has 0 saturated carbocycles. The van der Waals surface area contributed by atoms with Crippen LogP contribution < -0.4 is 16.4 Å². The van der Waals surface area contributed by atoms with Gasteiger partial charge in [-0.2, -0.15) is 0 Å². The molecule has 5 N–H and O–H groups in total. The molecule has 7 heteroatoms. The largest absolute Gasteiger partial charge is 0.465 e. The molecule has 2 amide bonds. The molecule has 1 atom stereocenters. The first kappa shape index (κ1) is 18.7. The smallest absolute Gasteiger partial charge is 0.404 e. The number of amides is 2. The quantitative estimate of drug-likeness (QED) is 0.466. The van der Waals surface area contributed by atoms with Crippen LogP contribution in [-0.2, 0) is 9.53 Å². The average Bonchev–Trinajstić information content (AvgIpc) is 2.33. The molecule has 0 heterocycles. The molecule has 20 heavy (non-hydrogen) atoms. The topological polar surface area (TPSA) is 114 Å². The molecule has 1 unspecified atom stereocenters. The summed E-state index contributed by atoms with van der Waals surface area (Å²) in [6.45, 7) is 6.88. The van der Waals surface area contributed by atoms with E-state index in [1.807, 2.05) is 20.8 Å². The average molecular weight is 289 g/mol. The molecule has 0 aromatic heterocycles. The summed E-state index contributed by atoms with van der Waals surface area (Å²) in [7, 11) is 0. The predicted octanol–water partition coefficient (Wildman–Crippen LogP) is 0.683. The number of carbonyl (C=O) groups is 2. The SMILES string of the molecule is CC(C)(C)OCC(N)C(=O)NCCCCCNC(=O)O. The number of ether oxygens (including phenoxy) is 1. The summed E-state index contributed by atoms with van der Waals surface area (Å²) >= 11 is 0. The first-order valence-electron chi connectivity index (χ1n) is 6.86. The summed E-state index contributed by atoms with van der Waals surface area (Å²) in [5, 5.41) is 13.4. The van der Waals surface area contributed by atoms with Gasteiger partial charge in [0.05, 0.1) is 12.2 Å². The molecule has 0 saturated heterocycles. The van der Waals surface area contributed by atoms with E-state index in [0.717, 1.165) is 19.3 Å². The third-order valence-electron chi connectivity index (χ3n) is 2.46. The van der Waals surface area contributed by atoms with E-state index >= 15 is 0 Å². The molecular formula is C13H27N3O4. The number of hydrogen-bond donors (Lipinski definition) is 4. The third-order valence-corrected chi connectivity index (χ3v) is 2.46. The zero-order valence-electron chi connectivity index (χ0n) is 12.6. The summed E-state index contributed by atoms with van der Waals surface area (Å²) in [6, 6.07) is -0.664. The van der Waals surface area contributed by atoms with Crippen molar-refractivity contribution in [1.29, 1.82) is 0 Å². The van der Waals surface area contributed by atoms with E-state index in [0.29, 0.717) is 13.1 Å². The minimum atomic E-state index is -1.01. The fourth-order valence-electron chi connectivity index (χ4n) is 1.38. The summed E-state index contributed by atoms with van der Waals surface area (Å²) in [6.07, 6.45) is 1.37. The van der Waals surface area contributed by atoms with E-state index < -0.39 is 12.1 Å². The Morgan fingerprint density at radius 2 is 1.70 bits per heavy atom. The number of carboxylic acid groups (broad SMARTS) is 1. The number of unbranched alkanes of at least 4 members (excludes halogenated alkanes) is 2. The van der Waals surface area contributed by atoms with Gasteiger partial charge in [0.25, 0.3) is 0 Å². The minimum absolute atomic E-state index is 0.192. The monoisotopic (exact) mass is 289 g/mol. The zero-order chi connectivity index (χ0) is 15.6. The minimum Gasteiger partial charge on any atom is -0.465 e. The maximum Gasteiger partial charge on any atom is 0.404 e. The number of rotatable bonds is 9. The van der Waals surface area contributed by atoms with Crippen molar-refractivity contribution in [3.63, 3.8) is 0 Å². The summed E-state index contributed by atoms with van der Waals surface area (Å²) in [4.78, 5) is 21.8. The maximum atomic E-state index is 11.6. The Morgan fingerprint density at radius 1 is 1.15 bits per heavy atom. The molecule has 7 nitrogen and oxygen atoms in total. The molecule has 0 bridgehead atoms. The van der Waals surface area contributed by atoms with E-state index in [1.54, 1.807) is 0 Å². The van der Waals surface area contributed by atoms with Gasteiger partial charge in [-0.3, -0.25) is 4.79 Å². The molecule has 0 rings (SSSR count). The van der Waals surface area contributed by atoms with Crippen LogP contribution >= 0.6 is 0 Å². The van der Waals surface area contributed by atoms with E-state index in [2.05, 4.69) is 10.6 Å². The van der Waals surface area contributed by atoms with E-state index in [4.69, 9.17) is 15.6 Å². The molecule has 0 radical (unpaired) electrons. The lowest BCUT2D eigenvalue weighted by atomic mass is 10.2. The Kier molecular flexibility index (Phi) is 8.91. The molecule has 0 aromatic rings. The van der Waals surface area contributed by atoms with Crippen LogP contribution in [0.3, 0.4) is 0 Å². The number of hydrogen-bond acceptors (Lipinski definition) is 4. The highest BCUT2D eigenvalue weighted by Crippen LogP contribution is 2.06. The van der Waals surface area contributed by atoms with Crippen LogP contribution in [-0.4, -0.2) is 48.4 Å². The van der Waals surface area contributed by atoms with Gasteiger partial charge in [-0.15, -0.1) is 0 Å². The van der Waals surface area contributed by atoms with Gasteiger partial charge < -0.3 is 26.2 Å². The standard InChI is InChI=1S/C13H27N3O4/c1-13(2,3)20-9-10(14)11(17)15-7-5-4-6-8-16-12(18)19/h10,16H,4-9,14H2,1-3H3,(H,15,17)(H,18,19). The molecule has 0 aliphatic heterocycles. The van der Waals surface area contributed by atoms with E-state index in [-0.39, 0.29) is 18.1 Å². The molecule has 0 aromatic carbocycles. The lowest BCUT2D eigenvalue weighted by molar-refractivity contribution is -0.125. The van der Waals surface area contributed by atoms with Crippen molar-refractivity contribution in [2.24, 2.45) is 5.73 Å². The Labute approximate surface area is 120 Å². The van der Waals surface area contributed by atoms with Crippen LogP contribution in [0.2, 0.25) is 0 Å². The van der Waals surface area contributed by atoms with Gasteiger partial charge in [-0.1, -0.05) is 0 Å². The second-order valence-corrected chi connectivity index (χ2v) is 5.61. The van der Waals surface area contributed by atoms with Crippen molar-refractivity contribution in [2.75, 3.05) is 19.7 Å². The van der Waals surface area contributed by atoms with Crippen LogP contribution in [0.25, 0.3) is 0 Å². The summed E-state index contributed by atoms with van der Waals surface area (Å²) < 4.78 is 5.44. The maximum absolute atomic E-state index is 11.6. The highest BCUT2D eigenvalue weighted by molar-refractivity contribution is 5.81. The fraction of sp³-hybridized carbons (Fsp3) is 0.846. The summed E-state index contributed by atoms with van der Waals surface area (Å²) in [5.74, 6) is -0.224. The number of nitrogens with two attached hydrogens (primary N) is 1. The second kappa shape index (κ2) is 9.55. The highest BCUT2D eigenvalue weighted by Gasteiger charge is 2.17. The van der Waals surface area contributed by atoms with Gasteiger partial charge >= 0.3 is 6.09 Å². The first-order chi connectivity index (χ1) is 9.22. The Hall–Kier alpha value is -1.34. The van der Waals surface area contributed by atoms with Crippen LogP contribution in [0.4, 0.5) is 4.79 Å². The van der Waals surface area contributed by atoms with Crippen molar-refractivity contribution in [3.8, 4) is 0 Å². The van der Waals surface area contributed by atoms with Gasteiger partial charge in [-0.25, -0.2) is 4.79 Å². The summed E-state index contributed by atoms with van der Waals surface area (Å²) in [5.41, 5.74) is 5.40. The second-order valence-electron chi connectivity index (χ2n) is 5.61. The normalized spacial score (nSPS) is 12.8. The molecule has 0 aliphatic carbocycles. The Balaban J connectivity index is 3.55. The van der Waals surface area contributed by atoms with Crippen molar-refractivity contribution >= 4 is 12.0 Å². The molecule has 118 valence electrons. The van der Waals surface area contributed by atoms with Crippen molar-refractivity contribution < 1.29 is 19.4 Å². The van der Waals surface area contributed by atoms with E-state index in [1.165, 1.54) is 0 Å². The lowest BCUT2D eigenvalue weighted by Crippen LogP contribution is -2.45. The first-order valence-corrected chi connectivity index (χ1v) is 6.86. The predicted molar refractivity (Wildman–Crippen MR) is 76.6 cm³/mol. The van der Waals surface area contributed by atoms with Gasteiger partial charge in [-0.05, 0) is 40.0 Å². The highest BCUT2D eigenvalue weighted by atomic mass is 16.5. The Bertz CT molecular complexity index is 302. The van der Waals surface area contributed by atoms with E-state index in [9.17, 15) is 9.59 Å². The molecule has 0 spiro atoms. The number of nitrogens with one attached hydrogen (secondary N) is 2. The van der Waals surface area contributed by atoms with Crippen LogP contribution in [0.1, 0.15) is 40.0 Å². The van der Waals surface area contributed by atoms with Gasteiger partial charge in [0.15, 0.2) is 0 Å². The molecular weight excluding hydrogens is 262 g/mol. The van der Waals surface area contributed by atoms with Crippen LogP contribution in [0.5, 0.6) is 0 Å². The van der Waals surface area contributed by atoms with Crippen LogP contribution in [0.15, 0.2) is 0 Å². The van der Waals surface area contributed by atoms with Gasteiger partial charge in [0.2, 0.25) is 5.91 Å². The lowest BCUT2D eigenvalue weighted by Gasteiger charge is -2.22. The van der Waals surface area contributed by atoms with Gasteiger partial charge in [0.1, 0.15) is 6.04 Å². The number of carbonyl (C=O) groups excluding carboxylic acids is 1. The Morgan fingerprint density at radius 3 is 2.20 bits per heavy atom. The molecule has 0 aliphatic rings. The van der Waals surface area contributed by atoms with Crippen molar-refractivity contribution in [1.82, 2.24) is 10.6 Å². The molecule has 0 fully saturated rings. The fourth-order valence-corrected chi connectivity index (χ4v) is 1.38. The van der Waals surface area contributed by atoms with Crippen molar-refractivity contribution in [2.45, 2.75) is 51.7 Å². The van der Waals surface area contributed by atoms with Gasteiger partial charge in [0, 0.05) is 13.1 Å². The van der Waals surface area contributed by atoms with Crippen LogP contribution in [0, 0.1) is 0 Å².